The Balaban J connectivity index is 1.24. The smallest absolute Gasteiger partial charge is 0.257 e. The van der Waals surface area contributed by atoms with Crippen LogP contribution in [0.1, 0.15) is 36.6 Å². The first-order valence-corrected chi connectivity index (χ1v) is 9.12. The maximum absolute atomic E-state index is 13.1. The van der Waals surface area contributed by atoms with Crippen LogP contribution in [0.5, 0.6) is 0 Å². The molecule has 5 rings (SSSR count). The summed E-state index contributed by atoms with van der Waals surface area (Å²) in [4.78, 5) is 4.58. The highest BCUT2D eigenvalue weighted by Crippen LogP contribution is 2.48. The first-order chi connectivity index (χ1) is 12.7. The maximum Gasteiger partial charge on any atom is 0.257 e. The summed E-state index contributed by atoms with van der Waals surface area (Å²) in [5.41, 5.74) is 2.15. The van der Waals surface area contributed by atoms with Gasteiger partial charge in [-0.15, -0.1) is 0 Å². The van der Waals surface area contributed by atoms with E-state index in [0.29, 0.717) is 17.9 Å². The number of benzene rings is 2. The monoisotopic (exact) mass is 349 g/mol. The molecular formula is C21H20FN3O. The van der Waals surface area contributed by atoms with Crippen molar-refractivity contribution < 1.29 is 8.91 Å². The minimum absolute atomic E-state index is 0.00833. The molecule has 3 aromatic rings. The van der Waals surface area contributed by atoms with E-state index in [1.54, 1.807) is 12.1 Å². The van der Waals surface area contributed by atoms with Crippen LogP contribution in [-0.4, -0.2) is 22.7 Å². The van der Waals surface area contributed by atoms with E-state index < -0.39 is 0 Å². The summed E-state index contributed by atoms with van der Waals surface area (Å²) in [5.74, 6) is 1.57. The molecule has 2 saturated carbocycles. The van der Waals surface area contributed by atoms with Gasteiger partial charge in [0.15, 0.2) is 5.82 Å². The highest BCUT2D eigenvalue weighted by atomic mass is 19.1. The number of aromatic nitrogens is 2. The maximum atomic E-state index is 13.1. The second kappa shape index (κ2) is 6.02. The van der Waals surface area contributed by atoms with Crippen LogP contribution in [0.25, 0.3) is 11.5 Å². The Labute approximate surface area is 151 Å². The molecular weight excluding hydrogens is 329 g/mol. The lowest BCUT2D eigenvalue weighted by molar-refractivity contribution is 0.409. The van der Waals surface area contributed by atoms with Crippen molar-refractivity contribution in [1.29, 1.82) is 0 Å². The van der Waals surface area contributed by atoms with E-state index in [1.807, 2.05) is 0 Å². The summed E-state index contributed by atoms with van der Waals surface area (Å²) in [6, 6.07) is 17.3. The summed E-state index contributed by atoms with van der Waals surface area (Å²) in [6.45, 7) is 0.878. The minimum atomic E-state index is -0.270. The van der Waals surface area contributed by atoms with E-state index in [2.05, 4.69) is 45.8 Å². The third-order valence-electron chi connectivity index (χ3n) is 5.57. The van der Waals surface area contributed by atoms with Crippen molar-refractivity contribution in [3.05, 3.63) is 71.8 Å². The zero-order chi connectivity index (χ0) is 17.6. The summed E-state index contributed by atoms with van der Waals surface area (Å²) in [5, 5.41) is 7.90. The third kappa shape index (κ3) is 2.92. The Morgan fingerprint density at radius 3 is 2.58 bits per heavy atom. The molecule has 0 amide bonds. The van der Waals surface area contributed by atoms with Gasteiger partial charge in [0.05, 0.1) is 0 Å². The number of hydrogen-bond donors (Lipinski definition) is 1. The normalized spacial score (nSPS) is 23.0. The lowest BCUT2D eigenvalue weighted by atomic mass is 10.1. The number of rotatable bonds is 6. The van der Waals surface area contributed by atoms with Gasteiger partial charge in [-0.05, 0) is 49.1 Å². The highest BCUT2D eigenvalue weighted by Gasteiger charge is 2.50. The molecule has 132 valence electrons. The van der Waals surface area contributed by atoms with E-state index in [1.165, 1.54) is 24.1 Å². The van der Waals surface area contributed by atoms with Gasteiger partial charge in [-0.2, -0.15) is 4.98 Å². The van der Waals surface area contributed by atoms with Crippen molar-refractivity contribution in [3.63, 3.8) is 0 Å². The molecule has 2 aromatic carbocycles. The Morgan fingerprint density at radius 2 is 1.85 bits per heavy atom. The number of nitrogens with one attached hydrogen (secondary N) is 1. The fraction of sp³-hybridized carbons (Fsp3) is 0.333. The SMILES string of the molecule is Fc1ccc(-c2nc(C3(CN[C@H]4C[C@@H]4c4ccccc4)CC3)no2)cc1. The van der Waals surface area contributed by atoms with Crippen LogP contribution in [0, 0.1) is 5.82 Å². The van der Waals surface area contributed by atoms with Gasteiger partial charge in [-0.25, -0.2) is 4.39 Å². The van der Waals surface area contributed by atoms with E-state index in [4.69, 9.17) is 4.52 Å². The zero-order valence-corrected chi connectivity index (χ0v) is 14.4. The molecule has 0 aliphatic heterocycles. The van der Waals surface area contributed by atoms with Gasteiger partial charge in [-0.1, -0.05) is 35.5 Å². The second-order valence-corrected chi connectivity index (χ2v) is 7.45. The predicted molar refractivity (Wildman–Crippen MR) is 96.2 cm³/mol. The van der Waals surface area contributed by atoms with Crippen LogP contribution >= 0.6 is 0 Å². The van der Waals surface area contributed by atoms with Crippen molar-refractivity contribution in [2.24, 2.45) is 0 Å². The van der Waals surface area contributed by atoms with Gasteiger partial charge in [0.25, 0.3) is 5.89 Å². The standard InChI is InChI=1S/C21H20FN3O/c22-16-8-6-15(7-9-16)19-24-20(25-26-19)21(10-11-21)13-23-18-12-17(18)14-4-2-1-3-5-14/h1-9,17-18,23H,10-13H2/t17-,18+/m1/s1. The minimum Gasteiger partial charge on any atom is -0.334 e. The van der Waals surface area contributed by atoms with Crippen molar-refractivity contribution in [1.82, 2.24) is 15.5 Å². The first-order valence-electron chi connectivity index (χ1n) is 9.12. The number of hydrogen-bond acceptors (Lipinski definition) is 4. The van der Waals surface area contributed by atoms with Crippen LogP contribution in [0.15, 0.2) is 59.1 Å². The van der Waals surface area contributed by atoms with Crippen LogP contribution < -0.4 is 5.32 Å². The topological polar surface area (TPSA) is 51.0 Å². The van der Waals surface area contributed by atoms with Gasteiger partial charge >= 0.3 is 0 Å². The molecule has 0 radical (unpaired) electrons. The van der Waals surface area contributed by atoms with Crippen molar-refractivity contribution in [2.75, 3.05) is 6.54 Å². The van der Waals surface area contributed by atoms with Crippen LogP contribution in [-0.2, 0) is 5.41 Å². The van der Waals surface area contributed by atoms with E-state index in [0.717, 1.165) is 30.8 Å². The van der Waals surface area contributed by atoms with Gasteiger partial charge in [0.2, 0.25) is 0 Å². The van der Waals surface area contributed by atoms with E-state index >= 15 is 0 Å². The largest absolute Gasteiger partial charge is 0.334 e. The number of halogens is 1. The van der Waals surface area contributed by atoms with Gasteiger partial charge in [0, 0.05) is 29.5 Å². The molecule has 5 heteroatoms. The molecule has 2 fully saturated rings. The van der Waals surface area contributed by atoms with E-state index in [-0.39, 0.29) is 11.2 Å². The fourth-order valence-corrected chi connectivity index (χ4v) is 3.59. The zero-order valence-electron chi connectivity index (χ0n) is 14.4. The highest BCUT2D eigenvalue weighted by molar-refractivity contribution is 5.52. The molecule has 2 aliphatic carbocycles. The lowest BCUT2D eigenvalue weighted by Crippen LogP contribution is -2.30. The average Bonchev–Trinajstić information content (AvgIpc) is 3.59. The Hall–Kier alpha value is -2.53. The quantitative estimate of drug-likeness (QED) is 0.729. The molecule has 2 aliphatic rings. The molecule has 0 bridgehead atoms. The summed E-state index contributed by atoms with van der Waals surface area (Å²) in [6.07, 6.45) is 3.34. The summed E-state index contributed by atoms with van der Waals surface area (Å²) in [7, 11) is 0. The molecule has 1 aromatic heterocycles. The molecule has 0 saturated heterocycles. The van der Waals surface area contributed by atoms with Gasteiger partial charge in [-0.3, -0.25) is 0 Å². The molecule has 2 atom stereocenters. The lowest BCUT2D eigenvalue weighted by Gasteiger charge is -2.12. The first kappa shape index (κ1) is 15.7. The summed E-state index contributed by atoms with van der Waals surface area (Å²) >= 11 is 0. The molecule has 26 heavy (non-hydrogen) atoms. The average molecular weight is 349 g/mol. The molecule has 1 heterocycles. The molecule has 0 spiro atoms. The Kier molecular flexibility index (Phi) is 3.64. The molecule has 4 nitrogen and oxygen atoms in total. The molecule has 1 N–H and O–H groups in total. The van der Waals surface area contributed by atoms with Gasteiger partial charge < -0.3 is 9.84 Å². The van der Waals surface area contributed by atoms with Crippen LogP contribution in [0.2, 0.25) is 0 Å². The number of nitrogens with zero attached hydrogens (tertiary/aromatic N) is 2. The Bertz CT molecular complexity index is 903. The van der Waals surface area contributed by atoms with E-state index in [9.17, 15) is 4.39 Å². The van der Waals surface area contributed by atoms with Crippen molar-refractivity contribution in [3.8, 4) is 11.5 Å². The Morgan fingerprint density at radius 1 is 1.08 bits per heavy atom. The van der Waals surface area contributed by atoms with Crippen LogP contribution in [0.3, 0.4) is 0 Å². The summed E-state index contributed by atoms with van der Waals surface area (Å²) < 4.78 is 18.5. The predicted octanol–water partition coefficient (Wildman–Crippen LogP) is 4.05. The third-order valence-corrected chi connectivity index (χ3v) is 5.57. The fourth-order valence-electron chi connectivity index (χ4n) is 3.59. The van der Waals surface area contributed by atoms with Gasteiger partial charge in [0.1, 0.15) is 5.82 Å². The van der Waals surface area contributed by atoms with Crippen molar-refractivity contribution in [2.45, 2.75) is 36.6 Å². The second-order valence-electron chi connectivity index (χ2n) is 7.45. The van der Waals surface area contributed by atoms with Crippen LogP contribution in [0.4, 0.5) is 4.39 Å². The van der Waals surface area contributed by atoms with Crippen molar-refractivity contribution >= 4 is 0 Å². The molecule has 0 unspecified atom stereocenters.